The van der Waals surface area contributed by atoms with Gasteiger partial charge in [-0.15, -0.1) is 0 Å². The zero-order chi connectivity index (χ0) is 15.3. The van der Waals surface area contributed by atoms with Gasteiger partial charge >= 0.3 is 0 Å². The molecule has 0 aromatic heterocycles. The van der Waals surface area contributed by atoms with E-state index >= 15 is 0 Å². The van der Waals surface area contributed by atoms with Crippen LogP contribution < -0.4 is 10.6 Å². The molecule has 130 valence electrons. The van der Waals surface area contributed by atoms with E-state index in [1.165, 1.54) is 90.4 Å². The van der Waals surface area contributed by atoms with E-state index in [4.69, 9.17) is 0 Å². The molecule has 23 heavy (non-hydrogen) atoms. The van der Waals surface area contributed by atoms with Gasteiger partial charge in [-0.1, -0.05) is 12.8 Å². The molecule has 0 aromatic rings. The van der Waals surface area contributed by atoms with Gasteiger partial charge in [-0.2, -0.15) is 0 Å². The summed E-state index contributed by atoms with van der Waals surface area (Å²) >= 11 is 0. The molecule has 0 amide bonds. The number of rotatable bonds is 1. The number of hydrogen-bond acceptors (Lipinski definition) is 3. The molecule has 6 atom stereocenters. The summed E-state index contributed by atoms with van der Waals surface area (Å²) in [5.41, 5.74) is 0.530. The summed E-state index contributed by atoms with van der Waals surface area (Å²) in [4.78, 5) is 2.94. The standard InChI is InChI=1S/C20H35N3/c1-3-9-21-18(8-1)20-13-16(12-15-6-5-10-22-19(15)20)17-7-2-4-11-23(17)14-20/h15-19,21-22H,1-14H2/t15-,16-,17-,18-,19+,20+/m1/s1. The maximum Gasteiger partial charge on any atom is 0.0179 e. The second kappa shape index (κ2) is 6.00. The van der Waals surface area contributed by atoms with Crippen LogP contribution in [0.4, 0.5) is 0 Å². The van der Waals surface area contributed by atoms with Crippen molar-refractivity contribution in [3.63, 3.8) is 0 Å². The van der Waals surface area contributed by atoms with Crippen molar-refractivity contribution in [2.24, 2.45) is 17.3 Å². The molecule has 4 aliphatic heterocycles. The Kier molecular flexibility index (Phi) is 3.95. The van der Waals surface area contributed by atoms with Crippen molar-refractivity contribution >= 4 is 0 Å². The van der Waals surface area contributed by atoms with Crippen LogP contribution >= 0.6 is 0 Å². The summed E-state index contributed by atoms with van der Waals surface area (Å²) in [7, 11) is 0. The number of fused-ring (bicyclic) bond motifs is 6. The van der Waals surface area contributed by atoms with Gasteiger partial charge in [0.15, 0.2) is 0 Å². The molecule has 0 radical (unpaired) electrons. The minimum absolute atomic E-state index is 0.530. The largest absolute Gasteiger partial charge is 0.313 e. The Morgan fingerprint density at radius 2 is 1.74 bits per heavy atom. The molecular weight excluding hydrogens is 282 g/mol. The lowest BCUT2D eigenvalue weighted by Crippen LogP contribution is -2.72. The van der Waals surface area contributed by atoms with Gasteiger partial charge in [-0.05, 0) is 82.8 Å². The number of piperidine rings is 4. The molecule has 1 saturated carbocycles. The molecule has 0 aromatic carbocycles. The smallest absolute Gasteiger partial charge is 0.0179 e. The van der Waals surface area contributed by atoms with E-state index in [9.17, 15) is 0 Å². The van der Waals surface area contributed by atoms with Gasteiger partial charge in [0, 0.05) is 30.1 Å². The lowest BCUT2D eigenvalue weighted by atomic mass is 9.52. The van der Waals surface area contributed by atoms with Crippen molar-refractivity contribution in [1.29, 1.82) is 0 Å². The van der Waals surface area contributed by atoms with Crippen LogP contribution in [0.25, 0.3) is 0 Å². The first-order chi connectivity index (χ1) is 11.4. The summed E-state index contributed by atoms with van der Waals surface area (Å²) in [6.07, 6.45) is 14.6. The van der Waals surface area contributed by atoms with Crippen LogP contribution in [0.1, 0.15) is 64.2 Å². The van der Waals surface area contributed by atoms with Crippen LogP contribution in [-0.2, 0) is 0 Å². The third-order valence-corrected chi connectivity index (χ3v) is 8.16. The Bertz CT molecular complexity index is 431. The minimum Gasteiger partial charge on any atom is -0.313 e. The van der Waals surface area contributed by atoms with Crippen LogP contribution in [0.2, 0.25) is 0 Å². The van der Waals surface area contributed by atoms with Crippen LogP contribution in [0.5, 0.6) is 0 Å². The van der Waals surface area contributed by atoms with E-state index in [-0.39, 0.29) is 0 Å². The van der Waals surface area contributed by atoms with Crippen LogP contribution in [-0.4, -0.2) is 49.2 Å². The quantitative estimate of drug-likeness (QED) is 0.779. The first kappa shape index (κ1) is 15.2. The number of nitrogens with zero attached hydrogens (tertiary/aromatic N) is 1. The average Bonchev–Trinajstić information content (AvgIpc) is 2.63. The molecule has 4 saturated heterocycles. The second-order valence-electron chi connectivity index (χ2n) is 9.30. The number of hydrogen-bond donors (Lipinski definition) is 2. The third-order valence-electron chi connectivity index (χ3n) is 8.16. The lowest BCUT2D eigenvalue weighted by molar-refractivity contribution is -0.117. The highest BCUT2D eigenvalue weighted by atomic mass is 15.2. The topological polar surface area (TPSA) is 27.3 Å². The van der Waals surface area contributed by atoms with E-state index < -0.39 is 0 Å². The zero-order valence-electron chi connectivity index (χ0n) is 14.7. The van der Waals surface area contributed by atoms with Crippen molar-refractivity contribution < 1.29 is 0 Å². The maximum atomic E-state index is 4.04. The Balaban J connectivity index is 1.50. The van der Waals surface area contributed by atoms with Crippen molar-refractivity contribution in [3.05, 3.63) is 0 Å². The summed E-state index contributed by atoms with van der Waals surface area (Å²) in [6.45, 7) is 5.30. The predicted molar refractivity (Wildman–Crippen MR) is 94.5 cm³/mol. The normalized spacial score (nSPS) is 50.9. The molecular formula is C20H35N3. The molecule has 5 aliphatic rings. The highest BCUT2D eigenvalue weighted by molar-refractivity contribution is 5.14. The average molecular weight is 318 g/mol. The second-order valence-corrected chi connectivity index (χ2v) is 9.30. The molecule has 2 bridgehead atoms. The molecule has 4 heterocycles. The maximum absolute atomic E-state index is 4.04. The predicted octanol–water partition coefficient (Wildman–Crippen LogP) is 2.76. The van der Waals surface area contributed by atoms with Crippen molar-refractivity contribution in [2.75, 3.05) is 26.2 Å². The zero-order valence-corrected chi connectivity index (χ0v) is 14.7. The van der Waals surface area contributed by atoms with Gasteiger partial charge in [-0.25, -0.2) is 0 Å². The molecule has 5 rings (SSSR count). The fraction of sp³-hybridized carbons (Fsp3) is 1.00. The van der Waals surface area contributed by atoms with Crippen molar-refractivity contribution in [2.45, 2.75) is 82.3 Å². The van der Waals surface area contributed by atoms with Gasteiger partial charge in [0.25, 0.3) is 0 Å². The van der Waals surface area contributed by atoms with Gasteiger partial charge in [0.1, 0.15) is 0 Å². The Morgan fingerprint density at radius 1 is 0.826 bits per heavy atom. The van der Waals surface area contributed by atoms with Crippen LogP contribution in [0.3, 0.4) is 0 Å². The SMILES string of the molecule is C1CC[C@H]([C@@]23C[C@@H](C[C@H]4CCCN[C@@H]42)[C@H]2CCCCN2C3)NC1. The van der Waals surface area contributed by atoms with Crippen LogP contribution in [0, 0.1) is 17.3 Å². The third kappa shape index (κ3) is 2.41. The minimum atomic E-state index is 0.530. The first-order valence-corrected chi connectivity index (χ1v) is 10.6. The van der Waals surface area contributed by atoms with Gasteiger partial charge < -0.3 is 10.6 Å². The summed E-state index contributed by atoms with van der Waals surface area (Å²) in [5.74, 6) is 1.96. The van der Waals surface area contributed by atoms with E-state index in [1.807, 2.05) is 0 Å². The fourth-order valence-electron chi connectivity index (χ4n) is 7.36. The molecule has 1 aliphatic carbocycles. The van der Waals surface area contributed by atoms with E-state index in [2.05, 4.69) is 15.5 Å². The highest BCUT2D eigenvalue weighted by Crippen LogP contribution is 2.55. The van der Waals surface area contributed by atoms with Crippen LogP contribution in [0.15, 0.2) is 0 Å². The summed E-state index contributed by atoms with van der Waals surface area (Å²) in [5, 5.41) is 8.04. The Hall–Kier alpha value is -0.120. The summed E-state index contributed by atoms with van der Waals surface area (Å²) in [6, 6.07) is 2.51. The Labute approximate surface area is 142 Å². The summed E-state index contributed by atoms with van der Waals surface area (Å²) < 4.78 is 0. The molecule has 3 heteroatoms. The number of nitrogens with one attached hydrogen (secondary N) is 2. The van der Waals surface area contributed by atoms with E-state index in [0.717, 1.165) is 30.0 Å². The van der Waals surface area contributed by atoms with Gasteiger partial charge in [0.2, 0.25) is 0 Å². The fourth-order valence-corrected chi connectivity index (χ4v) is 7.36. The lowest BCUT2D eigenvalue weighted by Gasteiger charge is -2.64. The van der Waals surface area contributed by atoms with Crippen molar-refractivity contribution in [1.82, 2.24) is 15.5 Å². The molecule has 0 unspecified atom stereocenters. The molecule has 2 N–H and O–H groups in total. The van der Waals surface area contributed by atoms with E-state index in [1.54, 1.807) is 0 Å². The molecule has 3 nitrogen and oxygen atoms in total. The molecule has 5 fully saturated rings. The van der Waals surface area contributed by atoms with E-state index in [0.29, 0.717) is 5.41 Å². The highest BCUT2D eigenvalue weighted by Gasteiger charge is 2.58. The molecule has 0 spiro atoms. The Morgan fingerprint density at radius 3 is 2.65 bits per heavy atom. The van der Waals surface area contributed by atoms with Gasteiger partial charge in [0.05, 0.1) is 0 Å². The van der Waals surface area contributed by atoms with Gasteiger partial charge in [-0.3, -0.25) is 4.90 Å². The first-order valence-electron chi connectivity index (χ1n) is 10.6. The monoisotopic (exact) mass is 317 g/mol. The van der Waals surface area contributed by atoms with Crippen molar-refractivity contribution in [3.8, 4) is 0 Å².